The lowest BCUT2D eigenvalue weighted by Gasteiger charge is -2.38. The van der Waals surface area contributed by atoms with Crippen molar-refractivity contribution >= 4 is 21.4 Å². The minimum atomic E-state index is -3.96. The molecular weight excluding hydrogens is 455 g/mol. The van der Waals surface area contributed by atoms with Crippen LogP contribution in [0.25, 0.3) is 0 Å². The van der Waals surface area contributed by atoms with Crippen LogP contribution in [0, 0.1) is 11.7 Å². The first-order valence-corrected chi connectivity index (χ1v) is 12.5. The Kier molecular flexibility index (Phi) is 5.69. The van der Waals surface area contributed by atoms with Gasteiger partial charge >= 0.3 is 0 Å². The van der Waals surface area contributed by atoms with Gasteiger partial charge in [0.05, 0.1) is 30.8 Å². The van der Waals surface area contributed by atoms with Crippen molar-refractivity contribution < 1.29 is 22.3 Å². The molecule has 8 heteroatoms. The standard InChI is InChI=1S/C26H25FN2O4S/c1-32-24-12-6-9-19(26(24)33-2)25-18-8-5-7-17(18)20-15-16(13-14-22(20)28-25)34(30,31)29-23-11-4-3-10-21(23)27/h3-7,9-15,17-18,25,28-29H,8H2,1-2H3/t17-,18-,25-/m1/s1. The molecule has 176 valence electrons. The molecule has 2 aliphatic rings. The average molecular weight is 481 g/mol. The summed E-state index contributed by atoms with van der Waals surface area (Å²) in [4.78, 5) is 0.0905. The zero-order valence-electron chi connectivity index (χ0n) is 18.8. The molecule has 3 atom stereocenters. The Bertz CT molecular complexity index is 1370. The van der Waals surface area contributed by atoms with Gasteiger partial charge in [0.2, 0.25) is 0 Å². The highest BCUT2D eigenvalue weighted by Crippen LogP contribution is 2.52. The molecule has 1 aliphatic carbocycles. The number of sulfonamides is 1. The second kappa shape index (κ2) is 8.68. The molecule has 1 heterocycles. The van der Waals surface area contributed by atoms with Crippen molar-refractivity contribution in [2.24, 2.45) is 5.92 Å². The van der Waals surface area contributed by atoms with Crippen molar-refractivity contribution in [1.82, 2.24) is 0 Å². The fourth-order valence-corrected chi connectivity index (χ4v) is 6.05. The van der Waals surface area contributed by atoms with Crippen LogP contribution in [-0.4, -0.2) is 22.6 Å². The Morgan fingerprint density at radius 3 is 2.59 bits per heavy atom. The second-order valence-corrected chi connectivity index (χ2v) is 10.1. The largest absolute Gasteiger partial charge is 0.493 e. The number of hydrogen-bond acceptors (Lipinski definition) is 5. The van der Waals surface area contributed by atoms with Crippen molar-refractivity contribution in [2.75, 3.05) is 24.3 Å². The molecular formula is C26H25FN2O4S. The lowest BCUT2D eigenvalue weighted by molar-refractivity contribution is 0.341. The maximum Gasteiger partial charge on any atom is 0.261 e. The van der Waals surface area contributed by atoms with Crippen molar-refractivity contribution in [3.8, 4) is 11.5 Å². The smallest absolute Gasteiger partial charge is 0.261 e. The monoisotopic (exact) mass is 480 g/mol. The average Bonchev–Trinajstić information content (AvgIpc) is 3.34. The SMILES string of the molecule is COc1cccc([C@@H]2Nc3ccc(S(=O)(=O)Nc4ccccc4F)cc3[C@@H]3C=CC[C@H]32)c1OC. The molecule has 3 aromatic rings. The quantitative estimate of drug-likeness (QED) is 0.458. The molecule has 0 bridgehead atoms. The van der Waals surface area contributed by atoms with E-state index in [2.05, 4.69) is 22.2 Å². The van der Waals surface area contributed by atoms with Crippen LogP contribution in [0.4, 0.5) is 15.8 Å². The molecule has 3 aromatic carbocycles. The Morgan fingerprint density at radius 1 is 1.00 bits per heavy atom. The number of para-hydroxylation sites is 2. The van der Waals surface area contributed by atoms with Gasteiger partial charge in [0.15, 0.2) is 11.5 Å². The molecule has 1 aliphatic heterocycles. The molecule has 0 saturated heterocycles. The molecule has 0 unspecified atom stereocenters. The van der Waals surface area contributed by atoms with E-state index >= 15 is 0 Å². The molecule has 5 rings (SSSR count). The summed E-state index contributed by atoms with van der Waals surface area (Å²) in [5.41, 5.74) is 2.66. The summed E-state index contributed by atoms with van der Waals surface area (Å²) in [6, 6.07) is 16.5. The lowest BCUT2D eigenvalue weighted by Crippen LogP contribution is -2.29. The number of benzene rings is 3. The molecule has 6 nitrogen and oxygen atoms in total. The first kappa shape index (κ1) is 22.3. The molecule has 0 radical (unpaired) electrons. The number of ether oxygens (including phenoxy) is 2. The van der Waals surface area contributed by atoms with Crippen molar-refractivity contribution in [1.29, 1.82) is 0 Å². The van der Waals surface area contributed by atoms with Crippen LogP contribution in [-0.2, 0) is 10.0 Å². The van der Waals surface area contributed by atoms with E-state index in [1.807, 2.05) is 18.2 Å². The van der Waals surface area contributed by atoms with Gasteiger partial charge in [0.25, 0.3) is 10.0 Å². The Labute approximate surface area is 198 Å². The first-order chi connectivity index (χ1) is 16.4. The first-order valence-electron chi connectivity index (χ1n) is 11.0. The van der Waals surface area contributed by atoms with Crippen LogP contribution in [0.15, 0.2) is 77.7 Å². The highest BCUT2D eigenvalue weighted by Gasteiger charge is 2.40. The number of allylic oxidation sites excluding steroid dienone is 2. The maximum atomic E-state index is 14.0. The van der Waals surface area contributed by atoms with Crippen LogP contribution in [0.5, 0.6) is 11.5 Å². The molecule has 0 fully saturated rings. The summed E-state index contributed by atoms with van der Waals surface area (Å²) in [5, 5.41) is 3.60. The van der Waals surface area contributed by atoms with Gasteiger partial charge < -0.3 is 14.8 Å². The molecule has 0 aromatic heterocycles. The van der Waals surface area contributed by atoms with Crippen LogP contribution in [0.3, 0.4) is 0 Å². The van der Waals surface area contributed by atoms with Gasteiger partial charge in [-0.05, 0) is 54.3 Å². The Morgan fingerprint density at radius 2 is 1.82 bits per heavy atom. The summed E-state index contributed by atoms with van der Waals surface area (Å²) < 4.78 is 53.6. The minimum absolute atomic E-state index is 0.0285. The van der Waals surface area contributed by atoms with E-state index in [1.54, 1.807) is 32.4 Å². The number of halogens is 1. The van der Waals surface area contributed by atoms with Gasteiger partial charge in [-0.3, -0.25) is 4.72 Å². The minimum Gasteiger partial charge on any atom is -0.493 e. The number of rotatable bonds is 6. The maximum absolute atomic E-state index is 14.0. The van der Waals surface area contributed by atoms with Crippen LogP contribution < -0.4 is 19.5 Å². The Hall–Kier alpha value is -3.52. The van der Waals surface area contributed by atoms with Crippen LogP contribution >= 0.6 is 0 Å². The number of anilines is 2. The van der Waals surface area contributed by atoms with Crippen LogP contribution in [0.1, 0.15) is 29.5 Å². The number of hydrogen-bond donors (Lipinski definition) is 2. The zero-order chi connectivity index (χ0) is 23.9. The van der Waals surface area contributed by atoms with Gasteiger partial charge in [-0.1, -0.05) is 36.4 Å². The van der Waals surface area contributed by atoms with Gasteiger partial charge in [0.1, 0.15) is 5.82 Å². The van der Waals surface area contributed by atoms with Gasteiger partial charge in [0, 0.05) is 17.2 Å². The van der Waals surface area contributed by atoms with E-state index in [1.165, 1.54) is 24.3 Å². The summed E-state index contributed by atoms with van der Waals surface area (Å²) in [7, 11) is -0.721. The third-order valence-electron chi connectivity index (χ3n) is 6.53. The van der Waals surface area contributed by atoms with Gasteiger partial charge in [-0.15, -0.1) is 0 Å². The highest BCUT2D eigenvalue weighted by atomic mass is 32.2. The predicted octanol–water partition coefficient (Wildman–Crippen LogP) is 5.47. The van der Waals surface area contributed by atoms with Gasteiger partial charge in [-0.25, -0.2) is 12.8 Å². The molecule has 0 spiro atoms. The third kappa shape index (κ3) is 3.77. The summed E-state index contributed by atoms with van der Waals surface area (Å²) in [5.74, 6) is 0.923. The van der Waals surface area contributed by atoms with E-state index < -0.39 is 15.8 Å². The predicted molar refractivity (Wildman–Crippen MR) is 130 cm³/mol. The van der Waals surface area contributed by atoms with E-state index in [0.717, 1.165) is 23.2 Å². The summed E-state index contributed by atoms with van der Waals surface area (Å²) in [6.07, 6.45) is 5.10. The zero-order valence-corrected chi connectivity index (χ0v) is 19.6. The third-order valence-corrected chi connectivity index (χ3v) is 7.89. The summed E-state index contributed by atoms with van der Waals surface area (Å²) in [6.45, 7) is 0. The summed E-state index contributed by atoms with van der Waals surface area (Å²) >= 11 is 0. The molecule has 0 saturated carbocycles. The second-order valence-electron chi connectivity index (χ2n) is 8.39. The van der Waals surface area contributed by atoms with E-state index in [4.69, 9.17) is 9.47 Å². The Balaban J connectivity index is 1.52. The van der Waals surface area contributed by atoms with Crippen molar-refractivity contribution in [3.63, 3.8) is 0 Å². The van der Waals surface area contributed by atoms with Crippen molar-refractivity contribution in [3.05, 3.63) is 89.8 Å². The van der Waals surface area contributed by atoms with Crippen LogP contribution in [0.2, 0.25) is 0 Å². The number of methoxy groups -OCH3 is 2. The number of nitrogens with one attached hydrogen (secondary N) is 2. The topological polar surface area (TPSA) is 76.7 Å². The normalized spacial score (nSPS) is 20.7. The molecule has 2 N–H and O–H groups in total. The molecule has 34 heavy (non-hydrogen) atoms. The van der Waals surface area contributed by atoms with E-state index in [9.17, 15) is 12.8 Å². The fraction of sp³-hybridized carbons (Fsp3) is 0.231. The van der Waals surface area contributed by atoms with E-state index in [-0.39, 0.29) is 28.5 Å². The van der Waals surface area contributed by atoms with E-state index in [0.29, 0.717) is 11.5 Å². The molecule has 0 amide bonds. The number of fused-ring (bicyclic) bond motifs is 3. The van der Waals surface area contributed by atoms with Crippen molar-refractivity contribution in [2.45, 2.75) is 23.3 Å². The van der Waals surface area contributed by atoms with Gasteiger partial charge in [-0.2, -0.15) is 0 Å². The fourth-order valence-electron chi connectivity index (χ4n) is 4.95. The highest BCUT2D eigenvalue weighted by molar-refractivity contribution is 7.92. The lowest BCUT2D eigenvalue weighted by atomic mass is 9.77.